The molecule has 0 aliphatic carbocycles. The van der Waals surface area contributed by atoms with E-state index in [1.165, 1.54) is 0 Å². The first-order valence-corrected chi connectivity index (χ1v) is 8.40. The van der Waals surface area contributed by atoms with Gasteiger partial charge in [-0.05, 0) is 33.5 Å². The molecule has 0 saturated heterocycles. The van der Waals surface area contributed by atoms with Crippen molar-refractivity contribution in [1.82, 2.24) is 5.32 Å². The number of hydrogen-bond donors (Lipinski definition) is 1. The van der Waals surface area contributed by atoms with Crippen LogP contribution in [-0.2, 0) is 9.53 Å². The number of carbonyl (C=O) groups excluding carboxylic acids is 2. The monoisotopic (exact) mass is 335 g/mol. The first-order chi connectivity index (χ1) is 12.1. The lowest BCUT2D eigenvalue weighted by atomic mass is 9.97. The van der Waals surface area contributed by atoms with Crippen LogP contribution in [0.5, 0.6) is 0 Å². The lowest BCUT2D eigenvalue weighted by Crippen LogP contribution is -2.31. The van der Waals surface area contributed by atoms with Gasteiger partial charge >= 0.3 is 5.97 Å². The van der Waals surface area contributed by atoms with Crippen molar-refractivity contribution < 1.29 is 14.3 Å². The number of carbonyl (C=O) groups is 2. The van der Waals surface area contributed by atoms with E-state index >= 15 is 0 Å². The van der Waals surface area contributed by atoms with Crippen molar-refractivity contribution >= 4 is 33.4 Å². The summed E-state index contributed by atoms with van der Waals surface area (Å²) < 4.78 is 5.29. The third kappa shape index (κ3) is 3.79. The zero-order valence-corrected chi connectivity index (χ0v) is 14.4. The van der Waals surface area contributed by atoms with Gasteiger partial charge in [0.15, 0.2) is 6.61 Å². The molecule has 0 atom stereocenters. The maximum Gasteiger partial charge on any atom is 0.339 e. The molecule has 1 amide bonds. The smallest absolute Gasteiger partial charge is 0.339 e. The summed E-state index contributed by atoms with van der Waals surface area (Å²) in [5.74, 6) is -0.416. The average molecular weight is 335 g/mol. The number of nitrogens with one attached hydrogen (secondary N) is 1. The van der Waals surface area contributed by atoms with Crippen molar-refractivity contribution in [3.05, 3.63) is 60.2 Å². The molecule has 0 saturated carbocycles. The van der Waals surface area contributed by atoms with E-state index in [4.69, 9.17) is 4.74 Å². The molecule has 0 heterocycles. The Morgan fingerprint density at radius 1 is 0.960 bits per heavy atom. The van der Waals surface area contributed by atoms with Gasteiger partial charge in [-0.25, -0.2) is 4.79 Å². The lowest BCUT2D eigenvalue weighted by molar-refractivity contribution is -0.124. The molecule has 1 N–H and O–H groups in total. The minimum Gasteiger partial charge on any atom is -0.452 e. The molecule has 3 aromatic rings. The van der Waals surface area contributed by atoms with E-state index in [-0.39, 0.29) is 12.5 Å². The highest BCUT2D eigenvalue weighted by Gasteiger charge is 2.17. The van der Waals surface area contributed by atoms with Gasteiger partial charge in [0, 0.05) is 6.54 Å². The second kappa shape index (κ2) is 7.34. The Bertz CT molecular complexity index is 877. The SMILES string of the molecule is CC(C)CNC(=O)COC(=O)c1c2ccccc2cc2ccccc12. The van der Waals surface area contributed by atoms with E-state index in [9.17, 15) is 9.59 Å². The van der Waals surface area contributed by atoms with Gasteiger partial charge in [-0.1, -0.05) is 62.4 Å². The van der Waals surface area contributed by atoms with Gasteiger partial charge < -0.3 is 10.1 Å². The zero-order chi connectivity index (χ0) is 17.8. The van der Waals surface area contributed by atoms with Gasteiger partial charge in [0.1, 0.15) is 0 Å². The molecule has 0 fully saturated rings. The van der Waals surface area contributed by atoms with E-state index in [0.29, 0.717) is 18.0 Å². The zero-order valence-electron chi connectivity index (χ0n) is 14.4. The van der Waals surface area contributed by atoms with Crippen LogP contribution >= 0.6 is 0 Å². The van der Waals surface area contributed by atoms with Gasteiger partial charge in [-0.3, -0.25) is 4.79 Å². The third-order valence-corrected chi connectivity index (χ3v) is 4.02. The fourth-order valence-electron chi connectivity index (χ4n) is 2.81. The minimum absolute atomic E-state index is 0.275. The van der Waals surface area contributed by atoms with Crippen molar-refractivity contribution in [3.8, 4) is 0 Å². The second-order valence-electron chi connectivity index (χ2n) is 6.47. The predicted octanol–water partition coefficient (Wildman–Crippen LogP) is 3.92. The number of hydrogen-bond acceptors (Lipinski definition) is 3. The molecule has 4 heteroatoms. The predicted molar refractivity (Wildman–Crippen MR) is 99.6 cm³/mol. The first kappa shape index (κ1) is 17.0. The van der Waals surface area contributed by atoms with Crippen LogP contribution in [0.15, 0.2) is 54.6 Å². The normalized spacial score (nSPS) is 11.0. The van der Waals surface area contributed by atoms with Crippen molar-refractivity contribution in [3.63, 3.8) is 0 Å². The molecule has 3 aromatic carbocycles. The number of fused-ring (bicyclic) bond motifs is 2. The van der Waals surface area contributed by atoms with Crippen molar-refractivity contribution in [1.29, 1.82) is 0 Å². The van der Waals surface area contributed by atoms with E-state index < -0.39 is 5.97 Å². The van der Waals surface area contributed by atoms with E-state index in [0.717, 1.165) is 21.5 Å². The summed E-state index contributed by atoms with van der Waals surface area (Å²) in [5, 5.41) is 6.34. The molecule has 25 heavy (non-hydrogen) atoms. The summed E-state index contributed by atoms with van der Waals surface area (Å²) in [4.78, 5) is 24.5. The van der Waals surface area contributed by atoms with Gasteiger partial charge in [0.05, 0.1) is 5.56 Å². The largest absolute Gasteiger partial charge is 0.452 e. The van der Waals surface area contributed by atoms with E-state index in [1.807, 2.05) is 62.4 Å². The average Bonchev–Trinajstić information content (AvgIpc) is 2.62. The van der Waals surface area contributed by atoms with Crippen molar-refractivity contribution in [2.45, 2.75) is 13.8 Å². The van der Waals surface area contributed by atoms with Crippen LogP contribution < -0.4 is 5.32 Å². The maximum absolute atomic E-state index is 12.7. The Hall–Kier alpha value is -2.88. The first-order valence-electron chi connectivity index (χ1n) is 8.40. The molecule has 0 aliphatic heterocycles. The van der Waals surface area contributed by atoms with Gasteiger partial charge in [0.25, 0.3) is 5.91 Å². The Morgan fingerprint density at radius 2 is 1.52 bits per heavy atom. The molecular weight excluding hydrogens is 314 g/mol. The summed E-state index contributed by atoms with van der Waals surface area (Å²) in [6.07, 6.45) is 0. The van der Waals surface area contributed by atoms with Crippen molar-refractivity contribution in [2.24, 2.45) is 5.92 Å². The van der Waals surface area contributed by atoms with Crippen LogP contribution in [0, 0.1) is 5.92 Å². The second-order valence-corrected chi connectivity index (χ2v) is 6.47. The summed E-state index contributed by atoms with van der Waals surface area (Å²) in [6, 6.07) is 17.4. The quantitative estimate of drug-likeness (QED) is 0.568. The number of benzene rings is 3. The van der Waals surface area contributed by atoms with Gasteiger partial charge in [-0.15, -0.1) is 0 Å². The maximum atomic E-state index is 12.7. The number of amides is 1. The molecule has 0 aliphatic rings. The van der Waals surface area contributed by atoms with E-state index in [1.54, 1.807) is 0 Å². The number of ether oxygens (including phenoxy) is 1. The fourth-order valence-corrected chi connectivity index (χ4v) is 2.81. The van der Waals surface area contributed by atoms with Crippen LogP contribution in [-0.4, -0.2) is 25.0 Å². The molecule has 0 spiro atoms. The minimum atomic E-state index is -0.479. The van der Waals surface area contributed by atoms with Gasteiger partial charge in [0.2, 0.25) is 0 Å². The topological polar surface area (TPSA) is 55.4 Å². The summed E-state index contributed by atoms with van der Waals surface area (Å²) >= 11 is 0. The standard InChI is InChI=1S/C21H21NO3/c1-14(2)12-22-19(23)13-25-21(24)20-17-9-5-3-7-15(17)11-16-8-4-6-10-18(16)20/h3-11,14H,12-13H2,1-2H3,(H,22,23). The molecule has 4 nitrogen and oxygen atoms in total. The molecule has 3 rings (SSSR count). The molecule has 0 bridgehead atoms. The highest BCUT2D eigenvalue weighted by molar-refractivity contribution is 6.16. The van der Waals surface area contributed by atoms with Crippen LogP contribution in [0.4, 0.5) is 0 Å². The number of esters is 1. The summed E-state index contributed by atoms with van der Waals surface area (Å²) in [5.41, 5.74) is 0.505. The molecule has 0 radical (unpaired) electrons. The highest BCUT2D eigenvalue weighted by atomic mass is 16.5. The Kier molecular flexibility index (Phi) is 4.98. The summed E-state index contributed by atoms with van der Waals surface area (Å²) in [7, 11) is 0. The van der Waals surface area contributed by atoms with Crippen LogP contribution in [0.3, 0.4) is 0 Å². The molecule has 128 valence electrons. The third-order valence-electron chi connectivity index (χ3n) is 4.02. The molecule has 0 aromatic heterocycles. The lowest BCUT2D eigenvalue weighted by Gasteiger charge is -2.12. The molecule has 0 unspecified atom stereocenters. The van der Waals surface area contributed by atoms with E-state index in [2.05, 4.69) is 11.4 Å². The Labute approximate surface area is 146 Å². The Morgan fingerprint density at radius 3 is 2.08 bits per heavy atom. The van der Waals surface area contributed by atoms with Crippen LogP contribution in [0.2, 0.25) is 0 Å². The van der Waals surface area contributed by atoms with Crippen LogP contribution in [0.1, 0.15) is 24.2 Å². The number of rotatable bonds is 5. The van der Waals surface area contributed by atoms with Gasteiger partial charge in [-0.2, -0.15) is 0 Å². The summed E-state index contributed by atoms with van der Waals surface area (Å²) in [6.45, 7) is 4.31. The Balaban J connectivity index is 1.90. The fraction of sp³-hybridized carbons (Fsp3) is 0.238. The highest BCUT2D eigenvalue weighted by Crippen LogP contribution is 2.29. The van der Waals surface area contributed by atoms with Crippen LogP contribution in [0.25, 0.3) is 21.5 Å². The van der Waals surface area contributed by atoms with Crippen molar-refractivity contribution in [2.75, 3.05) is 13.2 Å². The molecular formula is C21H21NO3.